The maximum Gasteiger partial charge on any atom is 0 e. The molecule has 0 N–H and O–H groups in total. The Kier molecular flexibility index (Phi) is 6.67. The van der Waals surface area contributed by atoms with Gasteiger partial charge in [0.15, 0.2) is 0 Å². The van der Waals surface area contributed by atoms with Gasteiger partial charge in [0.25, 0.3) is 0 Å². The van der Waals surface area contributed by atoms with Gasteiger partial charge in [0, 0.05) is 65.4 Å². The topological polar surface area (TPSA) is 0 Å². The summed E-state index contributed by atoms with van der Waals surface area (Å²) in [7, 11) is 0. The van der Waals surface area contributed by atoms with Gasteiger partial charge in [-0.15, -0.1) is 33.8 Å². The normalized spacial score (nSPS) is 8.75. The van der Waals surface area contributed by atoms with Crippen LogP contribution in [-0.4, -0.2) is 0 Å². The summed E-state index contributed by atoms with van der Waals surface area (Å²) < 4.78 is 0. The van der Waals surface area contributed by atoms with Crippen LogP contribution in [0.2, 0.25) is 0 Å². The van der Waals surface area contributed by atoms with Crippen LogP contribution in [0.25, 0.3) is 10.8 Å². The predicted octanol–water partition coefficient (Wildman–Crippen LogP) is 3.00. The largest absolute Gasteiger partial charge is 0.261 e. The molecule has 0 fully saturated rings. The fourth-order valence-electron chi connectivity index (χ4n) is 1.07. The third-order valence-corrected chi connectivity index (χ3v) is 2.47. The zero-order valence-electron chi connectivity index (χ0n) is 6.87. The minimum atomic E-state index is 0. The van der Waals surface area contributed by atoms with Gasteiger partial charge in [-0.3, -0.25) is 11.3 Å². The number of hydrogen-bond acceptors (Lipinski definition) is 1. The molecular formula is C9H7SY2-. The maximum absolute atomic E-state index is 3.23. The van der Waals surface area contributed by atoms with Crippen LogP contribution < -0.4 is 0 Å². The first-order valence-corrected chi connectivity index (χ1v) is 4.05. The first kappa shape index (κ1) is 13.4. The molecule has 2 aromatic rings. The van der Waals surface area contributed by atoms with Crippen molar-refractivity contribution in [1.82, 2.24) is 0 Å². The zero-order valence-corrected chi connectivity index (χ0v) is 13.4. The zero-order chi connectivity index (χ0) is 6.97. The number of aryl methyl sites for hydroxylation is 1. The van der Waals surface area contributed by atoms with Crippen LogP contribution in [0, 0.1) is 12.3 Å². The van der Waals surface area contributed by atoms with E-state index in [9.17, 15) is 0 Å². The van der Waals surface area contributed by atoms with Gasteiger partial charge in [-0.25, -0.2) is 0 Å². The molecule has 2 rings (SSSR count). The first-order chi connectivity index (χ1) is 4.88. The molecule has 2 radical (unpaired) electrons. The fraction of sp³-hybridized carbons (Fsp3) is 0.111. The molecule has 0 aliphatic rings. The number of benzene rings is 1. The Balaban J connectivity index is 0.000000605. The molecule has 0 aliphatic heterocycles. The van der Waals surface area contributed by atoms with E-state index in [0.29, 0.717) is 0 Å². The van der Waals surface area contributed by atoms with Gasteiger partial charge in [0.2, 0.25) is 0 Å². The van der Waals surface area contributed by atoms with Gasteiger partial charge < -0.3 is 0 Å². The molecule has 0 aliphatic carbocycles. The average Bonchev–Trinajstić information content (AvgIpc) is 2.34. The molecule has 0 unspecified atom stereocenters. The molecule has 56 valence electrons. The van der Waals surface area contributed by atoms with Crippen molar-refractivity contribution in [3.63, 3.8) is 0 Å². The smallest absolute Gasteiger partial charge is 0 e. The number of thiophene rings is 1. The predicted molar refractivity (Wildman–Crippen MR) is 45.4 cm³/mol. The van der Waals surface area contributed by atoms with E-state index in [-0.39, 0.29) is 65.4 Å². The molecule has 1 aromatic carbocycles. The molecule has 1 heterocycles. The molecule has 12 heavy (non-hydrogen) atoms. The van der Waals surface area contributed by atoms with Crippen LogP contribution in [0.5, 0.6) is 0 Å². The summed E-state index contributed by atoms with van der Waals surface area (Å²) in [6.07, 6.45) is 0. The van der Waals surface area contributed by atoms with Crippen LogP contribution in [0.3, 0.4) is 0 Å². The standard InChI is InChI=1S/C9H7S.2Y/c1-7-9-5-3-2-4-8(9)6-10-7;;/h2-5H,1H3;;/q-1;;. The van der Waals surface area contributed by atoms with Gasteiger partial charge in [0.05, 0.1) is 0 Å². The molecular weight excluding hydrogens is 318 g/mol. The minimum Gasteiger partial charge on any atom is -0.261 e. The van der Waals surface area contributed by atoms with Crippen LogP contribution in [0.4, 0.5) is 0 Å². The third-order valence-electron chi connectivity index (χ3n) is 1.62. The molecule has 0 atom stereocenters. The molecule has 1 aromatic heterocycles. The number of rotatable bonds is 0. The number of hydrogen-bond donors (Lipinski definition) is 0. The Morgan fingerprint density at radius 2 is 1.83 bits per heavy atom. The molecule has 0 saturated heterocycles. The molecule has 0 spiro atoms. The van der Waals surface area contributed by atoms with Crippen molar-refractivity contribution >= 4 is 22.1 Å². The van der Waals surface area contributed by atoms with Crippen LogP contribution in [0.1, 0.15) is 4.88 Å². The van der Waals surface area contributed by atoms with Gasteiger partial charge in [-0.2, -0.15) is 0 Å². The van der Waals surface area contributed by atoms with Gasteiger partial charge in [0.1, 0.15) is 0 Å². The average molecular weight is 325 g/mol. The first-order valence-electron chi connectivity index (χ1n) is 3.24. The second kappa shape index (κ2) is 5.98. The van der Waals surface area contributed by atoms with Crippen molar-refractivity contribution in [3.05, 3.63) is 34.5 Å². The van der Waals surface area contributed by atoms with E-state index < -0.39 is 0 Å². The minimum absolute atomic E-state index is 0. The fourth-order valence-corrected chi connectivity index (χ4v) is 1.79. The molecule has 0 bridgehead atoms. The van der Waals surface area contributed by atoms with Crippen LogP contribution in [0.15, 0.2) is 24.3 Å². The van der Waals surface area contributed by atoms with E-state index in [2.05, 4.69) is 30.5 Å². The van der Waals surface area contributed by atoms with Gasteiger partial charge >= 0.3 is 0 Å². The van der Waals surface area contributed by atoms with E-state index in [4.69, 9.17) is 0 Å². The van der Waals surface area contributed by atoms with E-state index in [1.807, 2.05) is 6.07 Å². The van der Waals surface area contributed by atoms with Crippen LogP contribution >= 0.6 is 11.3 Å². The van der Waals surface area contributed by atoms with E-state index >= 15 is 0 Å². The summed E-state index contributed by atoms with van der Waals surface area (Å²) in [6.45, 7) is 2.13. The Morgan fingerprint density at radius 3 is 2.50 bits per heavy atom. The Morgan fingerprint density at radius 1 is 1.17 bits per heavy atom. The second-order valence-electron chi connectivity index (χ2n) is 2.31. The SMILES string of the molecule is Cc1s[c-]c2ccccc12.[Y].[Y]. The molecule has 0 saturated carbocycles. The molecule has 0 amide bonds. The molecule has 0 nitrogen and oxygen atoms in total. The van der Waals surface area contributed by atoms with Gasteiger partial charge in [-0.1, -0.05) is 18.4 Å². The van der Waals surface area contributed by atoms with Crippen LogP contribution in [-0.2, 0) is 65.4 Å². The Bertz CT molecular complexity index is 354. The van der Waals surface area contributed by atoms with E-state index in [0.717, 1.165) is 0 Å². The summed E-state index contributed by atoms with van der Waals surface area (Å²) in [4.78, 5) is 1.36. The van der Waals surface area contributed by atoms with Crippen molar-refractivity contribution in [2.45, 2.75) is 6.92 Å². The number of fused-ring (bicyclic) bond motifs is 1. The Labute approximate surface area is 127 Å². The van der Waals surface area contributed by atoms with Crippen molar-refractivity contribution < 1.29 is 65.4 Å². The van der Waals surface area contributed by atoms with E-state index in [1.165, 1.54) is 15.6 Å². The monoisotopic (exact) mass is 325 g/mol. The van der Waals surface area contributed by atoms with Crippen molar-refractivity contribution in [3.8, 4) is 0 Å². The summed E-state index contributed by atoms with van der Waals surface area (Å²) in [5.74, 6) is 0. The molecule has 3 heteroatoms. The third kappa shape index (κ3) is 2.69. The van der Waals surface area contributed by atoms with Crippen molar-refractivity contribution in [2.75, 3.05) is 0 Å². The summed E-state index contributed by atoms with van der Waals surface area (Å²) in [6, 6.07) is 8.34. The second-order valence-corrected chi connectivity index (χ2v) is 3.33. The quantitative estimate of drug-likeness (QED) is 0.653. The van der Waals surface area contributed by atoms with Crippen molar-refractivity contribution in [2.24, 2.45) is 0 Å². The summed E-state index contributed by atoms with van der Waals surface area (Å²) in [5.41, 5.74) is 0. The Hall–Kier alpha value is 1.39. The summed E-state index contributed by atoms with van der Waals surface area (Å²) >= 11 is 1.69. The summed E-state index contributed by atoms with van der Waals surface area (Å²) in [5, 5.41) is 5.81. The maximum atomic E-state index is 3.23. The van der Waals surface area contributed by atoms with E-state index in [1.54, 1.807) is 11.3 Å². The van der Waals surface area contributed by atoms with Crippen molar-refractivity contribution in [1.29, 1.82) is 0 Å². The van der Waals surface area contributed by atoms with Gasteiger partial charge in [-0.05, 0) is 0 Å².